The van der Waals surface area contributed by atoms with Gasteiger partial charge in [0.05, 0.1) is 18.9 Å². The topological polar surface area (TPSA) is 116 Å². The van der Waals surface area contributed by atoms with Crippen LogP contribution in [0.25, 0.3) is 11.5 Å². The molecule has 116 valence electrons. The van der Waals surface area contributed by atoms with Crippen molar-refractivity contribution < 1.29 is 14.3 Å². The minimum absolute atomic E-state index is 0.173. The number of H-pyrrole nitrogens is 1. The number of carbonyl (C=O) groups excluding carboxylic acids is 1. The van der Waals surface area contributed by atoms with E-state index in [2.05, 4.69) is 30.6 Å². The molecule has 9 nitrogen and oxygen atoms in total. The number of hydrogen-bond acceptors (Lipinski definition) is 8. The fraction of sp³-hybridized carbons (Fsp3) is 0.143. The molecule has 3 heterocycles. The Bertz CT molecular complexity index is 806. The molecular weight excluding hydrogens is 300 g/mol. The quantitative estimate of drug-likeness (QED) is 0.672. The Balaban J connectivity index is 1.83. The fourth-order valence-corrected chi connectivity index (χ4v) is 1.94. The second kappa shape index (κ2) is 6.60. The number of aromatic amines is 1. The zero-order valence-electron chi connectivity index (χ0n) is 12.1. The summed E-state index contributed by atoms with van der Waals surface area (Å²) in [4.78, 5) is 19.4. The summed E-state index contributed by atoms with van der Waals surface area (Å²) in [5, 5.41) is 13.7. The van der Waals surface area contributed by atoms with Crippen LogP contribution in [0, 0.1) is 0 Å². The van der Waals surface area contributed by atoms with E-state index in [-0.39, 0.29) is 6.61 Å². The van der Waals surface area contributed by atoms with Gasteiger partial charge in [-0.05, 0) is 11.3 Å². The number of pyridine rings is 2. The molecule has 0 aliphatic carbocycles. The summed E-state index contributed by atoms with van der Waals surface area (Å²) in [6, 6.07) is 5.11. The van der Waals surface area contributed by atoms with E-state index in [9.17, 15) is 4.79 Å². The van der Waals surface area contributed by atoms with Gasteiger partial charge >= 0.3 is 0 Å². The summed E-state index contributed by atoms with van der Waals surface area (Å²) < 4.78 is 10.7. The van der Waals surface area contributed by atoms with Crippen molar-refractivity contribution in [3.63, 3.8) is 0 Å². The average molecular weight is 312 g/mol. The van der Waals surface area contributed by atoms with Crippen LogP contribution in [0.5, 0.6) is 11.6 Å². The first-order chi connectivity index (χ1) is 11.3. The molecule has 0 aliphatic heterocycles. The molecule has 0 saturated heterocycles. The van der Waals surface area contributed by atoms with E-state index in [1.807, 2.05) is 6.07 Å². The van der Waals surface area contributed by atoms with E-state index in [4.69, 9.17) is 9.47 Å². The van der Waals surface area contributed by atoms with Gasteiger partial charge in [0, 0.05) is 17.8 Å². The molecule has 0 aliphatic rings. The van der Waals surface area contributed by atoms with Crippen molar-refractivity contribution in [3.8, 4) is 23.1 Å². The van der Waals surface area contributed by atoms with Gasteiger partial charge in [-0.15, -0.1) is 10.2 Å². The van der Waals surface area contributed by atoms with E-state index in [0.29, 0.717) is 35.0 Å². The molecule has 1 N–H and O–H groups in total. The lowest BCUT2D eigenvalue weighted by Gasteiger charge is -2.10. The number of methoxy groups -OCH3 is 1. The predicted molar refractivity (Wildman–Crippen MR) is 77.9 cm³/mol. The van der Waals surface area contributed by atoms with Gasteiger partial charge in [-0.3, -0.25) is 9.78 Å². The first kappa shape index (κ1) is 14.6. The van der Waals surface area contributed by atoms with Crippen molar-refractivity contribution >= 4 is 6.29 Å². The lowest BCUT2D eigenvalue weighted by molar-refractivity contribution is 0.111. The molecule has 0 bridgehead atoms. The van der Waals surface area contributed by atoms with Crippen LogP contribution in [0.3, 0.4) is 0 Å². The number of nitrogens with zero attached hydrogens (tertiary/aromatic N) is 5. The van der Waals surface area contributed by atoms with Crippen LogP contribution in [-0.4, -0.2) is 44.0 Å². The van der Waals surface area contributed by atoms with Crippen molar-refractivity contribution in [1.82, 2.24) is 30.6 Å². The first-order valence-electron chi connectivity index (χ1n) is 6.61. The minimum Gasteiger partial charge on any atom is -0.486 e. The summed E-state index contributed by atoms with van der Waals surface area (Å²) in [6.45, 7) is 0.173. The van der Waals surface area contributed by atoms with Gasteiger partial charge in [0.1, 0.15) is 18.1 Å². The van der Waals surface area contributed by atoms with E-state index in [1.54, 1.807) is 12.3 Å². The van der Waals surface area contributed by atoms with Crippen molar-refractivity contribution in [2.75, 3.05) is 7.11 Å². The molecule has 3 aromatic rings. The number of aldehydes is 1. The van der Waals surface area contributed by atoms with Crippen LogP contribution in [0.15, 0.2) is 30.6 Å². The Hall–Kier alpha value is -3.36. The van der Waals surface area contributed by atoms with Crippen LogP contribution in [-0.2, 0) is 6.61 Å². The summed E-state index contributed by atoms with van der Waals surface area (Å²) >= 11 is 0. The molecule has 0 spiro atoms. The standard InChI is InChI=1S/C14H12N6O3/c1-22-12-5-10(7-21)11(6-16-12)23-8-9-3-2-4-15-13(9)14-17-19-20-18-14/h2-7H,8H2,1H3,(H,17,18,19,20). The maximum Gasteiger partial charge on any atom is 0.223 e. The van der Waals surface area contributed by atoms with Gasteiger partial charge in [-0.1, -0.05) is 6.07 Å². The van der Waals surface area contributed by atoms with Gasteiger partial charge in [0.2, 0.25) is 11.7 Å². The summed E-state index contributed by atoms with van der Waals surface area (Å²) in [5.74, 6) is 1.06. The van der Waals surface area contributed by atoms with Crippen molar-refractivity contribution in [3.05, 3.63) is 41.7 Å². The second-order valence-corrected chi connectivity index (χ2v) is 4.42. The highest BCUT2D eigenvalue weighted by atomic mass is 16.5. The predicted octanol–water partition coefficient (Wildman–Crippen LogP) is 1.06. The largest absolute Gasteiger partial charge is 0.486 e. The molecule has 23 heavy (non-hydrogen) atoms. The Morgan fingerprint density at radius 3 is 3.00 bits per heavy atom. The van der Waals surface area contributed by atoms with Crippen LogP contribution >= 0.6 is 0 Å². The third-order valence-electron chi connectivity index (χ3n) is 3.04. The van der Waals surface area contributed by atoms with Gasteiger partial charge < -0.3 is 9.47 Å². The van der Waals surface area contributed by atoms with Crippen LogP contribution in [0.2, 0.25) is 0 Å². The smallest absolute Gasteiger partial charge is 0.223 e. The van der Waals surface area contributed by atoms with Gasteiger partial charge in [0.25, 0.3) is 0 Å². The highest BCUT2D eigenvalue weighted by Crippen LogP contribution is 2.23. The number of ether oxygens (including phenoxy) is 2. The zero-order chi connectivity index (χ0) is 16.1. The third-order valence-corrected chi connectivity index (χ3v) is 3.04. The molecule has 3 aromatic heterocycles. The van der Waals surface area contributed by atoms with Crippen LogP contribution in [0.4, 0.5) is 0 Å². The second-order valence-electron chi connectivity index (χ2n) is 4.42. The van der Waals surface area contributed by atoms with Gasteiger partial charge in [-0.2, -0.15) is 5.21 Å². The molecule has 9 heteroatoms. The Morgan fingerprint density at radius 1 is 1.35 bits per heavy atom. The molecule has 0 aromatic carbocycles. The Labute approximate surface area is 130 Å². The maximum absolute atomic E-state index is 11.2. The molecule has 0 amide bonds. The molecule has 0 fully saturated rings. The first-order valence-corrected chi connectivity index (χ1v) is 6.61. The van der Waals surface area contributed by atoms with Crippen LogP contribution < -0.4 is 9.47 Å². The molecule has 3 rings (SSSR count). The van der Waals surface area contributed by atoms with E-state index in [0.717, 1.165) is 5.56 Å². The lowest BCUT2D eigenvalue weighted by Crippen LogP contribution is -2.03. The lowest BCUT2D eigenvalue weighted by atomic mass is 10.2. The van der Waals surface area contributed by atoms with E-state index < -0.39 is 0 Å². The summed E-state index contributed by atoms with van der Waals surface area (Å²) in [6.07, 6.45) is 3.75. The molecule has 0 unspecified atom stereocenters. The SMILES string of the molecule is COc1cc(C=O)c(OCc2cccnc2-c2nn[nH]n2)cn1. The highest BCUT2D eigenvalue weighted by molar-refractivity contribution is 5.79. The number of carbonyl (C=O) groups is 1. The summed E-state index contributed by atoms with van der Waals surface area (Å²) in [5.41, 5.74) is 1.65. The van der Waals surface area contributed by atoms with Crippen molar-refractivity contribution in [2.24, 2.45) is 0 Å². The minimum atomic E-state index is 0.173. The normalized spacial score (nSPS) is 10.3. The van der Waals surface area contributed by atoms with Gasteiger partial charge in [0.15, 0.2) is 6.29 Å². The highest BCUT2D eigenvalue weighted by Gasteiger charge is 2.12. The fourth-order valence-electron chi connectivity index (χ4n) is 1.94. The summed E-state index contributed by atoms with van der Waals surface area (Å²) in [7, 11) is 1.48. The molecule has 0 saturated carbocycles. The average Bonchev–Trinajstić information content (AvgIpc) is 3.14. The molecule has 0 radical (unpaired) electrons. The molecule has 0 atom stereocenters. The van der Waals surface area contributed by atoms with E-state index >= 15 is 0 Å². The number of tetrazole rings is 1. The van der Waals surface area contributed by atoms with Crippen LogP contribution in [0.1, 0.15) is 15.9 Å². The maximum atomic E-state index is 11.2. The Kier molecular flexibility index (Phi) is 4.18. The third kappa shape index (κ3) is 3.12. The van der Waals surface area contributed by atoms with Gasteiger partial charge in [-0.25, -0.2) is 4.98 Å². The monoisotopic (exact) mass is 312 g/mol. The number of hydrogen-bond donors (Lipinski definition) is 1. The number of nitrogens with one attached hydrogen (secondary N) is 1. The zero-order valence-corrected chi connectivity index (χ0v) is 12.1. The van der Waals surface area contributed by atoms with E-state index in [1.165, 1.54) is 19.4 Å². The number of rotatable bonds is 6. The van der Waals surface area contributed by atoms with Crippen molar-refractivity contribution in [2.45, 2.75) is 6.61 Å². The number of aromatic nitrogens is 6. The Morgan fingerprint density at radius 2 is 2.26 bits per heavy atom. The molecular formula is C14H12N6O3. The van der Waals surface area contributed by atoms with Crippen molar-refractivity contribution in [1.29, 1.82) is 0 Å².